The Hall–Kier alpha value is -3.07. The predicted molar refractivity (Wildman–Crippen MR) is 108 cm³/mol. The van der Waals surface area contributed by atoms with Crippen molar-refractivity contribution in [2.45, 2.75) is 29.8 Å². The normalized spacial score (nSPS) is 18.7. The average Bonchev–Trinajstić information content (AvgIpc) is 3.24. The van der Waals surface area contributed by atoms with Gasteiger partial charge in [-0.2, -0.15) is 13.2 Å². The molecule has 162 valence electrons. The van der Waals surface area contributed by atoms with E-state index in [1.54, 1.807) is 37.3 Å². The van der Waals surface area contributed by atoms with Crippen molar-refractivity contribution in [2.24, 2.45) is 0 Å². The predicted octanol–water partition coefficient (Wildman–Crippen LogP) is 4.82. The second-order valence-corrected chi connectivity index (χ2v) is 9.80. The van der Waals surface area contributed by atoms with Gasteiger partial charge in [0.25, 0.3) is 0 Å². The molecule has 4 rings (SSSR count). The number of sulfone groups is 1. The SMILES string of the molecule is CC1(Cc2ccc(C(F)(F)F)o2)C(=O)Nc2ccc(-c3ccc(S(C)(=O)=O)cc3)cc21. The molecule has 3 aromatic rings. The van der Waals surface area contributed by atoms with E-state index in [-0.39, 0.29) is 23.0 Å². The summed E-state index contributed by atoms with van der Waals surface area (Å²) in [7, 11) is -3.33. The molecule has 5 nitrogen and oxygen atoms in total. The van der Waals surface area contributed by atoms with Gasteiger partial charge >= 0.3 is 6.18 Å². The van der Waals surface area contributed by atoms with Crippen LogP contribution in [-0.2, 0) is 32.6 Å². The summed E-state index contributed by atoms with van der Waals surface area (Å²) < 4.78 is 66.8. The van der Waals surface area contributed by atoms with Gasteiger partial charge in [-0.1, -0.05) is 18.2 Å². The number of amides is 1. The van der Waals surface area contributed by atoms with Gasteiger partial charge in [0.2, 0.25) is 11.7 Å². The van der Waals surface area contributed by atoms with Crippen molar-refractivity contribution in [1.29, 1.82) is 0 Å². The number of alkyl halides is 3. The van der Waals surface area contributed by atoms with Crippen LogP contribution >= 0.6 is 0 Å². The maximum Gasteiger partial charge on any atom is 0.449 e. The molecule has 0 radical (unpaired) electrons. The number of halogens is 3. The second kappa shape index (κ2) is 6.98. The summed E-state index contributed by atoms with van der Waals surface area (Å²) >= 11 is 0. The average molecular weight is 449 g/mol. The quantitative estimate of drug-likeness (QED) is 0.620. The number of benzene rings is 2. The van der Waals surface area contributed by atoms with Crippen molar-refractivity contribution in [3.63, 3.8) is 0 Å². The zero-order valence-electron chi connectivity index (χ0n) is 16.6. The van der Waals surface area contributed by atoms with E-state index in [0.717, 1.165) is 23.4 Å². The van der Waals surface area contributed by atoms with Crippen LogP contribution in [0.25, 0.3) is 11.1 Å². The van der Waals surface area contributed by atoms with Gasteiger partial charge in [-0.15, -0.1) is 0 Å². The number of carbonyl (C=O) groups is 1. The third-order valence-corrected chi connectivity index (χ3v) is 6.58. The Kier molecular flexibility index (Phi) is 4.77. The van der Waals surface area contributed by atoms with Crippen LogP contribution in [0.15, 0.2) is 63.9 Å². The molecular weight excluding hydrogens is 431 g/mol. The number of hydrogen-bond acceptors (Lipinski definition) is 4. The van der Waals surface area contributed by atoms with Crippen molar-refractivity contribution in [3.05, 3.63) is 71.7 Å². The summed E-state index contributed by atoms with van der Waals surface area (Å²) in [5, 5.41) is 2.77. The number of rotatable bonds is 4. The monoisotopic (exact) mass is 449 g/mol. The van der Waals surface area contributed by atoms with E-state index in [1.807, 2.05) is 0 Å². The molecule has 31 heavy (non-hydrogen) atoms. The summed E-state index contributed by atoms with van der Waals surface area (Å²) in [6.07, 6.45) is -3.52. The Morgan fingerprint density at radius 2 is 1.65 bits per heavy atom. The fourth-order valence-corrected chi connectivity index (χ4v) is 4.35. The van der Waals surface area contributed by atoms with Gasteiger partial charge in [0.05, 0.1) is 10.3 Å². The fraction of sp³-hybridized carbons (Fsp3) is 0.227. The maximum absolute atomic E-state index is 12.9. The smallest absolute Gasteiger partial charge is 0.449 e. The third-order valence-electron chi connectivity index (χ3n) is 5.45. The van der Waals surface area contributed by atoms with Crippen LogP contribution in [0, 0.1) is 0 Å². The molecule has 2 aromatic carbocycles. The lowest BCUT2D eigenvalue weighted by atomic mass is 9.79. The number of nitrogens with one attached hydrogen (secondary N) is 1. The maximum atomic E-state index is 12.9. The molecule has 1 amide bonds. The summed E-state index contributed by atoms with van der Waals surface area (Å²) in [5.41, 5.74) is 1.57. The summed E-state index contributed by atoms with van der Waals surface area (Å²) in [4.78, 5) is 12.9. The summed E-state index contributed by atoms with van der Waals surface area (Å²) in [6.45, 7) is 1.65. The Balaban J connectivity index is 1.70. The molecule has 0 saturated heterocycles. The Labute approximate surface area is 176 Å². The van der Waals surface area contributed by atoms with Crippen LogP contribution in [-0.4, -0.2) is 20.6 Å². The highest BCUT2D eigenvalue weighted by Crippen LogP contribution is 2.43. The van der Waals surface area contributed by atoms with Crippen molar-refractivity contribution < 1.29 is 30.8 Å². The van der Waals surface area contributed by atoms with Gasteiger partial charge in [-0.3, -0.25) is 4.79 Å². The number of carbonyl (C=O) groups excluding carboxylic acids is 1. The number of furan rings is 1. The first-order valence-electron chi connectivity index (χ1n) is 9.30. The molecule has 1 aliphatic rings. The lowest BCUT2D eigenvalue weighted by molar-refractivity contribution is -0.153. The molecule has 0 saturated carbocycles. The van der Waals surface area contributed by atoms with Crippen molar-refractivity contribution >= 4 is 21.4 Å². The van der Waals surface area contributed by atoms with Crippen LogP contribution in [0.2, 0.25) is 0 Å². The molecule has 0 spiro atoms. The molecule has 0 fully saturated rings. The Bertz CT molecular complexity index is 1280. The molecular formula is C22H18F3NO4S. The standard InChI is InChI=1S/C22H18F3NO4S/c1-21(12-15-6-10-19(30-15)22(23,24)25)17-11-14(5-9-18(17)26-20(21)27)13-3-7-16(8-4-13)31(2,28)29/h3-11H,12H2,1-2H3,(H,26,27). The van der Waals surface area contributed by atoms with E-state index in [0.29, 0.717) is 11.3 Å². The van der Waals surface area contributed by atoms with E-state index in [2.05, 4.69) is 5.32 Å². The van der Waals surface area contributed by atoms with Crippen LogP contribution in [0.1, 0.15) is 24.0 Å². The summed E-state index contributed by atoms with van der Waals surface area (Å²) in [6, 6.07) is 13.7. The number of hydrogen-bond donors (Lipinski definition) is 1. The van der Waals surface area contributed by atoms with Crippen LogP contribution < -0.4 is 5.32 Å². The largest absolute Gasteiger partial charge is 0.456 e. The molecule has 1 aromatic heterocycles. The molecule has 1 aliphatic heterocycles. The fourth-order valence-electron chi connectivity index (χ4n) is 3.72. The zero-order chi connectivity index (χ0) is 22.6. The molecule has 1 atom stereocenters. The highest BCUT2D eigenvalue weighted by atomic mass is 32.2. The van der Waals surface area contributed by atoms with Crippen LogP contribution in [0.4, 0.5) is 18.9 Å². The minimum Gasteiger partial charge on any atom is -0.456 e. The van der Waals surface area contributed by atoms with E-state index < -0.39 is 27.2 Å². The first-order chi connectivity index (χ1) is 14.4. The minimum absolute atomic E-state index is 0.0433. The highest BCUT2D eigenvalue weighted by molar-refractivity contribution is 7.90. The molecule has 1 N–H and O–H groups in total. The third kappa shape index (κ3) is 3.85. The highest BCUT2D eigenvalue weighted by Gasteiger charge is 2.44. The van der Waals surface area contributed by atoms with Crippen LogP contribution in [0.3, 0.4) is 0 Å². The van der Waals surface area contributed by atoms with Gasteiger partial charge < -0.3 is 9.73 Å². The van der Waals surface area contributed by atoms with Gasteiger partial charge in [0, 0.05) is 18.4 Å². The van der Waals surface area contributed by atoms with Gasteiger partial charge in [0.15, 0.2) is 9.84 Å². The first-order valence-corrected chi connectivity index (χ1v) is 11.2. The molecule has 0 bridgehead atoms. The summed E-state index contributed by atoms with van der Waals surface area (Å²) in [5.74, 6) is -1.39. The topological polar surface area (TPSA) is 76.4 Å². The van der Waals surface area contributed by atoms with Crippen molar-refractivity contribution in [2.75, 3.05) is 11.6 Å². The number of anilines is 1. The van der Waals surface area contributed by atoms with E-state index in [9.17, 15) is 26.4 Å². The van der Waals surface area contributed by atoms with Crippen molar-refractivity contribution in [1.82, 2.24) is 0 Å². The molecule has 9 heteroatoms. The second-order valence-electron chi connectivity index (χ2n) is 7.78. The molecule has 1 unspecified atom stereocenters. The Morgan fingerprint density at radius 3 is 2.23 bits per heavy atom. The first kappa shape index (κ1) is 21.2. The molecule has 2 heterocycles. The lowest BCUT2D eigenvalue weighted by Crippen LogP contribution is -2.33. The van der Waals surface area contributed by atoms with E-state index >= 15 is 0 Å². The van der Waals surface area contributed by atoms with E-state index in [1.165, 1.54) is 18.2 Å². The van der Waals surface area contributed by atoms with Gasteiger partial charge in [-0.05, 0) is 60.0 Å². The lowest BCUT2D eigenvalue weighted by Gasteiger charge is -2.21. The Morgan fingerprint density at radius 1 is 1.00 bits per heavy atom. The molecule has 0 aliphatic carbocycles. The van der Waals surface area contributed by atoms with Gasteiger partial charge in [-0.25, -0.2) is 8.42 Å². The minimum atomic E-state index is -4.60. The van der Waals surface area contributed by atoms with Gasteiger partial charge in [0.1, 0.15) is 5.76 Å². The zero-order valence-corrected chi connectivity index (χ0v) is 17.4. The van der Waals surface area contributed by atoms with E-state index in [4.69, 9.17) is 4.42 Å². The van der Waals surface area contributed by atoms with Crippen LogP contribution in [0.5, 0.6) is 0 Å². The number of fused-ring (bicyclic) bond motifs is 1. The van der Waals surface area contributed by atoms with Crippen molar-refractivity contribution in [3.8, 4) is 11.1 Å².